The molecule has 5 aromatic rings. The van der Waals surface area contributed by atoms with E-state index in [-0.39, 0.29) is 22.5 Å². The summed E-state index contributed by atoms with van der Waals surface area (Å²) < 4.78 is 71.9. The van der Waals surface area contributed by atoms with Gasteiger partial charge in [-0.2, -0.15) is 18.4 Å². The average molecular weight is 427 g/mol. The number of hydrogen-bond acceptors (Lipinski definition) is 4. The van der Waals surface area contributed by atoms with E-state index in [2.05, 4.69) is 20.3 Å². The molecule has 0 spiro atoms. The van der Waals surface area contributed by atoms with E-state index < -0.39 is 29.2 Å². The maximum atomic E-state index is 15.3. The highest BCUT2D eigenvalue weighted by atomic mass is 19.3. The third-order valence-electron chi connectivity index (χ3n) is 4.79. The number of rotatable bonds is 3. The van der Waals surface area contributed by atoms with Gasteiger partial charge in [0.2, 0.25) is 5.82 Å². The van der Waals surface area contributed by atoms with Crippen molar-refractivity contribution in [2.75, 3.05) is 0 Å². The van der Waals surface area contributed by atoms with E-state index in [9.17, 15) is 13.2 Å². The predicted molar refractivity (Wildman–Crippen MR) is 101 cm³/mol. The zero-order valence-corrected chi connectivity index (χ0v) is 15.4. The minimum atomic E-state index is -3.59. The van der Waals surface area contributed by atoms with Gasteiger partial charge in [-0.1, -0.05) is 12.1 Å². The fraction of sp³-hybridized carbons (Fsp3) is 0.0476. The Kier molecular flexibility index (Phi) is 4.17. The van der Waals surface area contributed by atoms with Gasteiger partial charge in [0, 0.05) is 22.7 Å². The van der Waals surface area contributed by atoms with E-state index in [0.29, 0.717) is 10.9 Å². The van der Waals surface area contributed by atoms with E-state index in [1.165, 1.54) is 30.3 Å². The zero-order chi connectivity index (χ0) is 21.8. The molecule has 3 aromatic heterocycles. The Morgan fingerprint density at radius 1 is 0.839 bits per heavy atom. The summed E-state index contributed by atoms with van der Waals surface area (Å²) in [6.07, 6.45) is 1.55. The summed E-state index contributed by atoms with van der Waals surface area (Å²) in [7, 11) is 0. The van der Waals surface area contributed by atoms with Gasteiger partial charge >= 0.3 is 5.92 Å². The highest BCUT2D eigenvalue weighted by Gasteiger charge is 2.40. The molecule has 2 aromatic carbocycles. The van der Waals surface area contributed by atoms with Gasteiger partial charge in [0.15, 0.2) is 23.1 Å². The molecule has 5 nitrogen and oxygen atoms in total. The normalized spacial score (nSPS) is 12.0. The Bertz CT molecular complexity index is 1440. The van der Waals surface area contributed by atoms with Crippen molar-refractivity contribution in [2.24, 2.45) is 0 Å². The first-order chi connectivity index (χ1) is 14.8. The number of alkyl halides is 2. The monoisotopic (exact) mass is 427 g/mol. The highest BCUT2D eigenvalue weighted by molar-refractivity contribution is 5.79. The minimum Gasteiger partial charge on any atom is -0.256 e. The maximum Gasteiger partial charge on any atom is 0.333 e. The Hall–Kier alpha value is -3.95. The molecule has 0 aliphatic heterocycles. The third-order valence-corrected chi connectivity index (χ3v) is 4.79. The molecule has 0 fully saturated rings. The molecule has 31 heavy (non-hydrogen) atoms. The number of benzene rings is 2. The van der Waals surface area contributed by atoms with Gasteiger partial charge in [0.05, 0.1) is 11.2 Å². The average Bonchev–Trinajstić information content (AvgIpc) is 3.21. The van der Waals surface area contributed by atoms with Gasteiger partial charge in [-0.15, -0.1) is 10.2 Å². The molecule has 10 heteroatoms. The van der Waals surface area contributed by atoms with Crippen LogP contribution in [0.2, 0.25) is 0 Å². The van der Waals surface area contributed by atoms with E-state index in [0.717, 1.165) is 16.6 Å². The molecular formula is C21H10F5N5. The van der Waals surface area contributed by atoms with Crippen molar-refractivity contribution >= 4 is 16.6 Å². The predicted octanol–water partition coefficient (Wildman–Crippen LogP) is 4.90. The molecule has 0 saturated heterocycles. The van der Waals surface area contributed by atoms with Crippen LogP contribution in [0.4, 0.5) is 22.0 Å². The fourth-order valence-corrected chi connectivity index (χ4v) is 3.24. The zero-order valence-electron chi connectivity index (χ0n) is 15.4. The van der Waals surface area contributed by atoms with Crippen LogP contribution in [0.1, 0.15) is 11.4 Å². The van der Waals surface area contributed by atoms with Gasteiger partial charge < -0.3 is 0 Å². The standard InChI is InChI=1S/C21H10F5N5/c22-14-9-12(10-15(23)19(14)24)17-5-6-18-28-29-20(31(18)30-17)21(25,26)13-3-4-16-11(8-13)2-1-7-27-16/h1-10H. The van der Waals surface area contributed by atoms with Crippen LogP contribution in [0, 0.1) is 17.5 Å². The number of aromatic nitrogens is 5. The van der Waals surface area contributed by atoms with E-state index in [1.54, 1.807) is 18.3 Å². The number of halogens is 5. The first-order valence-electron chi connectivity index (χ1n) is 8.95. The molecule has 0 radical (unpaired) electrons. The van der Waals surface area contributed by atoms with Crippen LogP contribution in [0.5, 0.6) is 0 Å². The first-order valence-corrected chi connectivity index (χ1v) is 8.95. The van der Waals surface area contributed by atoms with Crippen molar-refractivity contribution in [3.63, 3.8) is 0 Å². The molecule has 0 unspecified atom stereocenters. The van der Waals surface area contributed by atoms with Crippen molar-refractivity contribution in [1.82, 2.24) is 24.8 Å². The van der Waals surface area contributed by atoms with Gasteiger partial charge in [-0.3, -0.25) is 4.98 Å². The summed E-state index contributed by atoms with van der Waals surface area (Å²) >= 11 is 0. The van der Waals surface area contributed by atoms with Crippen molar-refractivity contribution in [3.8, 4) is 11.3 Å². The van der Waals surface area contributed by atoms with Crippen molar-refractivity contribution in [2.45, 2.75) is 5.92 Å². The molecule has 3 heterocycles. The van der Waals surface area contributed by atoms with Crippen LogP contribution in [-0.2, 0) is 5.92 Å². The van der Waals surface area contributed by atoms with E-state index in [1.807, 2.05) is 0 Å². The molecule has 0 atom stereocenters. The number of nitrogens with zero attached hydrogens (tertiary/aromatic N) is 5. The van der Waals surface area contributed by atoms with E-state index >= 15 is 8.78 Å². The summed E-state index contributed by atoms with van der Waals surface area (Å²) in [6.45, 7) is 0. The lowest BCUT2D eigenvalue weighted by Gasteiger charge is -2.15. The summed E-state index contributed by atoms with van der Waals surface area (Å²) in [5.74, 6) is -8.84. The van der Waals surface area contributed by atoms with Crippen LogP contribution in [-0.4, -0.2) is 24.8 Å². The van der Waals surface area contributed by atoms with Crippen molar-refractivity contribution in [1.29, 1.82) is 0 Å². The largest absolute Gasteiger partial charge is 0.333 e. The maximum absolute atomic E-state index is 15.3. The van der Waals surface area contributed by atoms with Crippen LogP contribution < -0.4 is 0 Å². The number of fused-ring (bicyclic) bond motifs is 2. The molecule has 0 aliphatic carbocycles. The molecule has 0 N–H and O–H groups in total. The van der Waals surface area contributed by atoms with E-state index in [4.69, 9.17) is 0 Å². The Morgan fingerprint density at radius 2 is 1.61 bits per heavy atom. The van der Waals surface area contributed by atoms with Crippen LogP contribution in [0.25, 0.3) is 27.8 Å². The van der Waals surface area contributed by atoms with Crippen molar-refractivity contribution < 1.29 is 22.0 Å². The topological polar surface area (TPSA) is 56.0 Å². The molecule has 5 rings (SSSR count). The second kappa shape index (κ2) is 6.79. The molecule has 154 valence electrons. The lowest BCUT2D eigenvalue weighted by Crippen LogP contribution is -2.20. The van der Waals surface area contributed by atoms with Gasteiger partial charge in [0.1, 0.15) is 0 Å². The first kappa shape index (κ1) is 19.0. The molecule has 0 saturated carbocycles. The summed E-state index contributed by atoms with van der Waals surface area (Å²) in [4.78, 5) is 4.10. The highest BCUT2D eigenvalue weighted by Crippen LogP contribution is 2.36. The second-order valence-corrected chi connectivity index (χ2v) is 6.75. The van der Waals surface area contributed by atoms with Gasteiger partial charge in [-0.25, -0.2) is 13.2 Å². The fourth-order valence-electron chi connectivity index (χ4n) is 3.24. The summed E-state index contributed by atoms with van der Waals surface area (Å²) in [5.41, 5.74) is 0.00847. The lowest BCUT2D eigenvalue weighted by atomic mass is 10.0. The van der Waals surface area contributed by atoms with Crippen LogP contribution >= 0.6 is 0 Å². The smallest absolute Gasteiger partial charge is 0.256 e. The Morgan fingerprint density at radius 3 is 2.39 bits per heavy atom. The summed E-state index contributed by atoms with van der Waals surface area (Å²) in [6, 6.07) is 11.4. The van der Waals surface area contributed by atoms with Crippen LogP contribution in [0.15, 0.2) is 60.8 Å². The number of hydrogen-bond donors (Lipinski definition) is 0. The molecule has 0 bridgehead atoms. The van der Waals surface area contributed by atoms with Crippen LogP contribution in [0.3, 0.4) is 0 Å². The van der Waals surface area contributed by atoms with Gasteiger partial charge in [-0.05, 0) is 42.5 Å². The molecule has 0 aliphatic rings. The van der Waals surface area contributed by atoms with Crippen molar-refractivity contribution in [3.05, 3.63) is 89.6 Å². The van der Waals surface area contributed by atoms with Gasteiger partial charge in [0.25, 0.3) is 0 Å². The third kappa shape index (κ3) is 3.07. The second-order valence-electron chi connectivity index (χ2n) is 6.75. The minimum absolute atomic E-state index is 0.00364. The summed E-state index contributed by atoms with van der Waals surface area (Å²) in [5, 5.41) is 11.8. The Balaban J connectivity index is 1.65. The number of pyridine rings is 1. The lowest BCUT2D eigenvalue weighted by molar-refractivity contribution is 0.0307. The Labute approximate surface area is 170 Å². The SMILES string of the molecule is Fc1cc(-c2ccc3nnc(C(F)(F)c4ccc5ncccc5c4)n3n2)cc(F)c1F. The molecule has 0 amide bonds. The molecular weight excluding hydrogens is 417 g/mol. The quantitative estimate of drug-likeness (QED) is 0.304.